The molecule has 0 atom stereocenters. The van der Waals surface area contributed by atoms with Crippen molar-refractivity contribution in [1.82, 2.24) is 5.43 Å². The molecule has 0 saturated heterocycles. The third kappa shape index (κ3) is 2.58. The van der Waals surface area contributed by atoms with Gasteiger partial charge in [-0.05, 0) is 12.1 Å². The highest BCUT2D eigenvalue weighted by Gasteiger charge is 2.12. The Hall–Kier alpha value is -0.780. The van der Waals surface area contributed by atoms with Crippen molar-refractivity contribution in [2.45, 2.75) is 6.54 Å². The molecule has 1 aromatic rings. The van der Waals surface area contributed by atoms with Crippen LogP contribution in [-0.4, -0.2) is 0 Å². The minimum atomic E-state index is -1.20. The maximum atomic E-state index is 12.7. The minimum absolute atomic E-state index is 0. The van der Waals surface area contributed by atoms with Crippen molar-refractivity contribution in [3.05, 3.63) is 35.1 Å². The van der Waals surface area contributed by atoms with Gasteiger partial charge in [-0.25, -0.2) is 13.2 Å². The molecule has 0 radical (unpaired) electrons. The van der Waals surface area contributed by atoms with E-state index in [9.17, 15) is 13.2 Å². The van der Waals surface area contributed by atoms with E-state index in [0.717, 1.165) is 12.1 Å². The Kier molecular flexibility index (Phi) is 4.76. The van der Waals surface area contributed by atoms with Gasteiger partial charge in [0.15, 0.2) is 11.6 Å². The van der Waals surface area contributed by atoms with Crippen LogP contribution in [-0.2, 0) is 6.54 Å². The topological polar surface area (TPSA) is 38.0 Å². The van der Waals surface area contributed by atoms with Gasteiger partial charge in [-0.2, -0.15) is 0 Å². The van der Waals surface area contributed by atoms with E-state index in [0.29, 0.717) is 0 Å². The molecule has 0 aliphatic heterocycles. The Morgan fingerprint density at radius 2 is 1.69 bits per heavy atom. The predicted octanol–water partition coefficient (Wildman–Crippen LogP) is 1.49. The van der Waals surface area contributed by atoms with Gasteiger partial charge in [0.1, 0.15) is 5.82 Å². The SMILES string of the molecule is Cl.NNCc1c(F)ccc(F)c1F. The Bertz CT molecular complexity index is 293. The van der Waals surface area contributed by atoms with Gasteiger partial charge >= 0.3 is 0 Å². The second kappa shape index (κ2) is 5.06. The molecule has 0 aliphatic rings. The summed E-state index contributed by atoms with van der Waals surface area (Å²) in [6.45, 7) is -0.241. The summed E-state index contributed by atoms with van der Waals surface area (Å²) < 4.78 is 37.9. The van der Waals surface area contributed by atoms with E-state index in [1.165, 1.54) is 0 Å². The number of halogens is 4. The van der Waals surface area contributed by atoms with Crippen LogP contribution >= 0.6 is 12.4 Å². The fourth-order valence-corrected chi connectivity index (χ4v) is 0.833. The average Bonchev–Trinajstić information content (AvgIpc) is 2.06. The van der Waals surface area contributed by atoms with Crippen molar-refractivity contribution < 1.29 is 13.2 Å². The lowest BCUT2D eigenvalue weighted by Gasteiger charge is -2.03. The molecule has 13 heavy (non-hydrogen) atoms. The summed E-state index contributed by atoms with van der Waals surface area (Å²) in [4.78, 5) is 0. The maximum Gasteiger partial charge on any atom is 0.166 e. The number of benzene rings is 1. The molecule has 0 bridgehead atoms. The van der Waals surface area contributed by atoms with E-state index in [1.807, 2.05) is 5.43 Å². The van der Waals surface area contributed by atoms with Crippen LogP contribution in [0.25, 0.3) is 0 Å². The third-order valence-corrected chi connectivity index (χ3v) is 1.42. The summed E-state index contributed by atoms with van der Waals surface area (Å²) >= 11 is 0. The van der Waals surface area contributed by atoms with Crippen LogP contribution in [0, 0.1) is 17.5 Å². The molecule has 0 aliphatic carbocycles. The molecule has 0 aromatic heterocycles. The summed E-state index contributed by atoms with van der Waals surface area (Å²) in [5, 5.41) is 0. The number of hydrogen-bond donors (Lipinski definition) is 2. The number of hydrogen-bond acceptors (Lipinski definition) is 2. The molecule has 0 unspecified atom stereocenters. The molecule has 0 fully saturated rings. The summed E-state index contributed by atoms with van der Waals surface area (Å²) in [6.07, 6.45) is 0. The second-order valence-electron chi connectivity index (χ2n) is 2.20. The molecule has 74 valence electrons. The van der Waals surface area contributed by atoms with Crippen LogP contribution in [0.15, 0.2) is 12.1 Å². The summed E-state index contributed by atoms with van der Waals surface area (Å²) in [7, 11) is 0. The first-order chi connectivity index (χ1) is 5.66. The zero-order valence-electron chi connectivity index (χ0n) is 6.48. The van der Waals surface area contributed by atoms with Crippen molar-refractivity contribution >= 4 is 12.4 Å². The molecular formula is C7H8ClF3N2. The Balaban J connectivity index is 0.00000144. The van der Waals surface area contributed by atoms with E-state index in [2.05, 4.69) is 0 Å². The molecule has 0 heterocycles. The molecule has 1 rings (SSSR count). The minimum Gasteiger partial charge on any atom is -0.271 e. The molecule has 3 N–H and O–H groups in total. The standard InChI is InChI=1S/C7H7F3N2.ClH/c8-5-1-2-6(9)7(10)4(5)3-12-11;/h1-2,12H,3,11H2;1H. The lowest BCUT2D eigenvalue weighted by atomic mass is 10.2. The first-order valence-electron chi connectivity index (χ1n) is 3.22. The van der Waals surface area contributed by atoms with Gasteiger partial charge in [0.25, 0.3) is 0 Å². The van der Waals surface area contributed by atoms with E-state index in [1.54, 1.807) is 0 Å². The number of nitrogens with two attached hydrogens (primary N) is 1. The van der Waals surface area contributed by atoms with Gasteiger partial charge in [0.05, 0.1) is 0 Å². The lowest BCUT2D eigenvalue weighted by molar-refractivity contribution is 0.472. The van der Waals surface area contributed by atoms with Gasteiger partial charge in [-0.1, -0.05) is 0 Å². The van der Waals surface area contributed by atoms with E-state index in [-0.39, 0.29) is 19.0 Å². The fraction of sp³-hybridized carbons (Fsp3) is 0.143. The Labute approximate surface area is 79.3 Å². The first kappa shape index (κ1) is 12.2. The van der Waals surface area contributed by atoms with E-state index < -0.39 is 23.0 Å². The van der Waals surface area contributed by atoms with Gasteiger partial charge in [0, 0.05) is 12.1 Å². The van der Waals surface area contributed by atoms with Crippen LogP contribution in [0.2, 0.25) is 0 Å². The smallest absolute Gasteiger partial charge is 0.166 e. The highest BCUT2D eigenvalue weighted by molar-refractivity contribution is 5.85. The predicted molar refractivity (Wildman–Crippen MR) is 44.6 cm³/mol. The highest BCUT2D eigenvalue weighted by atomic mass is 35.5. The van der Waals surface area contributed by atoms with E-state index in [4.69, 9.17) is 5.84 Å². The molecular weight excluding hydrogens is 205 g/mol. The monoisotopic (exact) mass is 212 g/mol. The molecule has 0 saturated carbocycles. The van der Waals surface area contributed by atoms with Gasteiger partial charge in [0.2, 0.25) is 0 Å². The third-order valence-electron chi connectivity index (χ3n) is 1.42. The summed E-state index contributed by atoms with van der Waals surface area (Å²) in [5.74, 6) is 1.75. The average molecular weight is 213 g/mol. The highest BCUT2D eigenvalue weighted by Crippen LogP contribution is 2.14. The molecule has 0 spiro atoms. The lowest BCUT2D eigenvalue weighted by Crippen LogP contribution is -2.22. The zero-order chi connectivity index (χ0) is 9.14. The van der Waals surface area contributed by atoms with E-state index >= 15 is 0 Å². The first-order valence-corrected chi connectivity index (χ1v) is 3.22. The van der Waals surface area contributed by atoms with Crippen LogP contribution in [0.3, 0.4) is 0 Å². The molecule has 2 nitrogen and oxygen atoms in total. The van der Waals surface area contributed by atoms with Gasteiger partial charge < -0.3 is 0 Å². The van der Waals surface area contributed by atoms with Crippen LogP contribution in [0.1, 0.15) is 5.56 Å². The summed E-state index contributed by atoms with van der Waals surface area (Å²) in [6, 6.07) is 1.58. The normalized spacial score (nSPS) is 9.54. The van der Waals surface area contributed by atoms with Crippen molar-refractivity contribution in [3.63, 3.8) is 0 Å². The molecule has 1 aromatic carbocycles. The van der Waals surface area contributed by atoms with Crippen LogP contribution < -0.4 is 11.3 Å². The number of rotatable bonds is 2. The second-order valence-corrected chi connectivity index (χ2v) is 2.20. The largest absolute Gasteiger partial charge is 0.271 e. The Morgan fingerprint density at radius 1 is 1.15 bits per heavy atom. The number of hydrazine groups is 1. The Morgan fingerprint density at radius 3 is 2.23 bits per heavy atom. The van der Waals surface area contributed by atoms with Crippen molar-refractivity contribution in [1.29, 1.82) is 0 Å². The molecule has 6 heteroatoms. The van der Waals surface area contributed by atoms with Crippen molar-refractivity contribution in [2.24, 2.45) is 5.84 Å². The maximum absolute atomic E-state index is 12.7. The zero-order valence-corrected chi connectivity index (χ0v) is 7.30. The molecule has 0 amide bonds. The number of nitrogens with one attached hydrogen (secondary N) is 1. The van der Waals surface area contributed by atoms with Crippen LogP contribution in [0.4, 0.5) is 13.2 Å². The van der Waals surface area contributed by atoms with Crippen molar-refractivity contribution in [2.75, 3.05) is 0 Å². The fourth-order valence-electron chi connectivity index (χ4n) is 0.833. The quantitative estimate of drug-likeness (QED) is 0.443. The van der Waals surface area contributed by atoms with Gasteiger partial charge in [-0.3, -0.25) is 11.3 Å². The summed E-state index contributed by atoms with van der Waals surface area (Å²) in [5.41, 5.74) is 1.66. The van der Waals surface area contributed by atoms with Crippen LogP contribution in [0.5, 0.6) is 0 Å². The van der Waals surface area contributed by atoms with Gasteiger partial charge in [-0.15, -0.1) is 12.4 Å². The van der Waals surface area contributed by atoms with Crippen molar-refractivity contribution in [3.8, 4) is 0 Å².